The Labute approximate surface area is 51.9 Å². The molecule has 0 spiro atoms. The summed E-state index contributed by atoms with van der Waals surface area (Å²) in [5.74, 6) is 0. The first-order valence-electron chi connectivity index (χ1n) is 0.548. The van der Waals surface area contributed by atoms with Crippen molar-refractivity contribution in [3.8, 4) is 0 Å². The molecule has 0 aliphatic carbocycles. The van der Waals surface area contributed by atoms with Crippen molar-refractivity contribution in [2.45, 2.75) is 0 Å². The third kappa shape index (κ3) is 25000. The van der Waals surface area contributed by atoms with Gasteiger partial charge >= 0.3 is 0 Å². The molecule has 0 rings (SSSR count). The second kappa shape index (κ2) is 42.4. The monoisotopic (exact) mass is 169 g/mol. The van der Waals surface area contributed by atoms with Crippen molar-refractivity contribution in [3.63, 3.8) is 0 Å². The van der Waals surface area contributed by atoms with Gasteiger partial charge in [0.05, 0.1) is 0 Å². The molecule has 66 valence electrons. The van der Waals surface area contributed by atoms with Gasteiger partial charge in [-0.1, -0.05) is 0 Å². The molecule has 0 amide bonds. The minimum absolute atomic E-state index is 0. The number of hydrogen-bond donors (Lipinski definition) is 0. The molecule has 0 aromatic heterocycles. The first-order valence-corrected chi connectivity index (χ1v) is 1.64. The highest BCUT2D eigenvalue weighted by Gasteiger charge is 1.10. The normalized spacial score (nSPS) is 4.00. The van der Waals surface area contributed by atoms with Crippen molar-refractivity contribution >= 4 is 8.60 Å². The van der Waals surface area contributed by atoms with E-state index in [0.717, 1.165) is 0 Å². The maximum absolute atomic E-state index is 8.48. The molecule has 9 heteroatoms. The van der Waals surface area contributed by atoms with Gasteiger partial charge < -0.3 is 50.7 Å². The average Bonchev–Trinajstić information content (AvgIpc) is 0.811. The summed E-state index contributed by atoms with van der Waals surface area (Å²) in [4.78, 5) is 25.4. The summed E-state index contributed by atoms with van der Waals surface area (Å²) in [7, 11) is -3.37. The molecule has 0 aromatic rings. The van der Waals surface area contributed by atoms with Crippen LogP contribution in [0, 0.1) is 0 Å². The van der Waals surface area contributed by atoms with E-state index in [4.69, 9.17) is 14.7 Å². The van der Waals surface area contributed by atoms with Crippen LogP contribution in [0.3, 0.4) is 0 Å². The van der Waals surface area contributed by atoms with Crippen molar-refractivity contribution in [2.75, 3.05) is 0 Å². The lowest BCUT2D eigenvalue weighted by molar-refractivity contribution is -0.407. The third-order valence-electron chi connectivity index (χ3n) is 0. The topological polar surface area (TPSA) is 227 Å². The minimum Gasteiger partial charge on any atom is -0.854 e. The van der Waals surface area contributed by atoms with Crippen LogP contribution in [0.25, 0.3) is 0 Å². The Bertz CT molecular complexity index is 9.28. The van der Waals surface area contributed by atoms with Crippen molar-refractivity contribution in [1.82, 2.24) is 0 Å². The summed E-state index contributed by atoms with van der Waals surface area (Å²) < 4.78 is 0. The van der Waals surface area contributed by atoms with E-state index in [-0.39, 0.29) is 27.4 Å². The van der Waals surface area contributed by atoms with E-state index in [2.05, 4.69) is 0 Å². The van der Waals surface area contributed by atoms with Gasteiger partial charge in [0.1, 0.15) is 0 Å². The number of hydrogen-bond acceptors (Lipinski definition) is 3. The Kier molecular flexibility index (Phi) is 292. The smallest absolute Gasteiger partial charge is 0.412 e. The van der Waals surface area contributed by atoms with Crippen molar-refractivity contribution < 1.29 is 42.1 Å². The zero-order chi connectivity index (χ0) is 3.58. The lowest BCUT2D eigenvalue weighted by Gasteiger charge is -2.39. The van der Waals surface area contributed by atoms with Crippen LogP contribution >= 0.6 is 8.60 Å². The average molecular weight is 169 g/mol. The first kappa shape index (κ1) is 61.9. The Balaban J connectivity index is -0.00000000450. The van der Waals surface area contributed by atoms with Crippen LogP contribution in [-0.2, 0) is 0 Å². The van der Waals surface area contributed by atoms with E-state index < -0.39 is 8.60 Å². The Morgan fingerprint density at radius 2 is 0.556 bits per heavy atom. The Morgan fingerprint density at radius 1 is 0.556 bits per heavy atom. The van der Waals surface area contributed by atoms with Gasteiger partial charge in [-0.15, -0.1) is 0 Å². The Morgan fingerprint density at radius 3 is 0.556 bits per heavy atom. The van der Waals surface area contributed by atoms with Crippen LogP contribution < -0.4 is 14.7 Å². The minimum atomic E-state index is -3.37. The zero-order valence-corrected chi connectivity index (χ0v) is 5.07. The highest BCUT2D eigenvalue weighted by atomic mass is 31.2. The van der Waals surface area contributed by atoms with Crippen LogP contribution in [0.15, 0.2) is 0 Å². The molecule has 0 unspecified atom stereocenters. The Hall–Kier alpha value is 0.110. The fourth-order valence-corrected chi connectivity index (χ4v) is 0. The molecule has 10 N–H and O–H groups in total. The summed E-state index contributed by atoms with van der Waals surface area (Å²) in [6, 6.07) is 0. The maximum atomic E-state index is 8.48. The van der Waals surface area contributed by atoms with Gasteiger partial charge in [-0.25, -0.2) is 0 Å². The van der Waals surface area contributed by atoms with E-state index in [1.54, 1.807) is 0 Å². The molecule has 0 saturated carbocycles. The standard InChI is InChI=1S/O3P.5H2O/c1-4(2)3;;;;;/h;5*1H2/q-3;;;;;. The third-order valence-corrected chi connectivity index (χ3v) is 0. The van der Waals surface area contributed by atoms with Crippen LogP contribution in [-0.4, -0.2) is 27.4 Å². The summed E-state index contributed by atoms with van der Waals surface area (Å²) in [6.07, 6.45) is 0. The predicted molar refractivity (Wildman–Crippen MR) is 25.0 cm³/mol. The van der Waals surface area contributed by atoms with Crippen LogP contribution in [0.4, 0.5) is 0 Å². The second-order valence-corrected chi connectivity index (χ2v) is 0.671. The van der Waals surface area contributed by atoms with E-state index >= 15 is 0 Å². The van der Waals surface area contributed by atoms with Crippen LogP contribution in [0.2, 0.25) is 0 Å². The number of rotatable bonds is 0. The van der Waals surface area contributed by atoms with E-state index in [9.17, 15) is 0 Å². The summed E-state index contributed by atoms with van der Waals surface area (Å²) in [6.45, 7) is 0. The lowest BCUT2D eigenvalue weighted by Crippen LogP contribution is -2.18. The molecular formula is H10O8P-3. The second-order valence-electron chi connectivity index (χ2n) is 0.224. The molecule has 0 bridgehead atoms. The van der Waals surface area contributed by atoms with Gasteiger partial charge in [-0.2, -0.15) is 0 Å². The van der Waals surface area contributed by atoms with Gasteiger partial charge in [0.25, 0.3) is 0 Å². The largest absolute Gasteiger partial charge is 0.854 e. The van der Waals surface area contributed by atoms with Gasteiger partial charge in [0, 0.05) is 0 Å². The quantitative estimate of drug-likeness (QED) is 0.322. The summed E-state index contributed by atoms with van der Waals surface area (Å²) in [5.41, 5.74) is 0. The molecule has 0 aromatic carbocycles. The van der Waals surface area contributed by atoms with Gasteiger partial charge in [0.15, 0.2) is 0 Å². The molecule has 0 saturated heterocycles. The molecule has 0 radical (unpaired) electrons. The van der Waals surface area contributed by atoms with Gasteiger partial charge in [-0.05, 0) is 0 Å². The molecule has 9 heavy (non-hydrogen) atoms. The molecule has 0 atom stereocenters. The summed E-state index contributed by atoms with van der Waals surface area (Å²) in [5, 5.41) is 0. The van der Waals surface area contributed by atoms with Gasteiger partial charge in [-0.3, -0.25) is 0 Å². The highest BCUT2D eigenvalue weighted by Crippen LogP contribution is 1.85. The summed E-state index contributed by atoms with van der Waals surface area (Å²) >= 11 is 0. The van der Waals surface area contributed by atoms with Crippen LogP contribution in [0.1, 0.15) is 0 Å². The van der Waals surface area contributed by atoms with Crippen LogP contribution in [0.5, 0.6) is 0 Å². The maximum Gasteiger partial charge on any atom is -0.412 e. The van der Waals surface area contributed by atoms with Crippen molar-refractivity contribution in [3.05, 3.63) is 0 Å². The van der Waals surface area contributed by atoms with E-state index in [0.29, 0.717) is 0 Å². The fraction of sp³-hybridized carbons (Fsp3) is 0. The molecule has 0 aliphatic heterocycles. The lowest BCUT2D eigenvalue weighted by atomic mass is 15.8. The SMILES string of the molecule is O.O.O.O.O.[O-]P([O-])[O-]. The molecular weight excluding hydrogens is 159 g/mol. The van der Waals surface area contributed by atoms with Crippen molar-refractivity contribution in [2.24, 2.45) is 0 Å². The van der Waals surface area contributed by atoms with E-state index in [1.165, 1.54) is 0 Å². The molecule has 0 fully saturated rings. The molecule has 8 nitrogen and oxygen atoms in total. The molecule has 0 heterocycles. The van der Waals surface area contributed by atoms with Crippen molar-refractivity contribution in [1.29, 1.82) is 0 Å². The fourth-order valence-electron chi connectivity index (χ4n) is 0. The zero-order valence-electron chi connectivity index (χ0n) is 4.17. The predicted octanol–water partition coefficient (Wildman–Crippen LogP) is -6.83. The van der Waals surface area contributed by atoms with E-state index in [1.807, 2.05) is 0 Å². The highest BCUT2D eigenvalue weighted by molar-refractivity contribution is 7.33. The van der Waals surface area contributed by atoms with Gasteiger partial charge in [0.2, 0.25) is 0 Å². The first-order chi connectivity index (χ1) is 1.73. The molecule has 0 aliphatic rings.